The highest BCUT2D eigenvalue weighted by Crippen LogP contribution is 2.32. The highest BCUT2D eigenvalue weighted by atomic mass is 35.5. The number of fused-ring (bicyclic) bond motifs is 1. The minimum atomic E-state index is -1.09. The number of likely N-dealkylation sites (tertiary alicyclic amines) is 1. The maximum absolute atomic E-state index is 13.8. The summed E-state index contributed by atoms with van der Waals surface area (Å²) in [6.07, 6.45) is 1.63. The highest BCUT2D eigenvalue weighted by Gasteiger charge is 2.34. The SMILES string of the molecule is O=C(O)N1CCC[C@H]1c1nn2ccc(Cl)c2c(=O)n1-c1cccc(F)c1. The van der Waals surface area contributed by atoms with Crippen LogP contribution in [0.3, 0.4) is 0 Å². The summed E-state index contributed by atoms with van der Waals surface area (Å²) >= 11 is 6.11. The van der Waals surface area contributed by atoms with Crippen molar-refractivity contribution in [1.29, 1.82) is 0 Å². The van der Waals surface area contributed by atoms with Crippen LogP contribution in [-0.2, 0) is 0 Å². The Kier molecular flexibility index (Phi) is 3.91. The van der Waals surface area contributed by atoms with Crippen molar-refractivity contribution in [2.45, 2.75) is 18.9 Å². The van der Waals surface area contributed by atoms with E-state index in [1.54, 1.807) is 12.3 Å². The molecule has 0 aliphatic carbocycles. The van der Waals surface area contributed by atoms with Crippen LogP contribution in [0.25, 0.3) is 11.2 Å². The van der Waals surface area contributed by atoms with Crippen molar-refractivity contribution in [3.63, 3.8) is 0 Å². The van der Waals surface area contributed by atoms with Gasteiger partial charge in [0.15, 0.2) is 5.82 Å². The molecule has 1 saturated heterocycles. The van der Waals surface area contributed by atoms with Crippen molar-refractivity contribution in [3.8, 4) is 5.69 Å². The molecule has 4 rings (SSSR count). The van der Waals surface area contributed by atoms with E-state index in [0.717, 1.165) is 0 Å². The molecular weight excluding hydrogens is 363 g/mol. The van der Waals surface area contributed by atoms with Crippen molar-refractivity contribution in [1.82, 2.24) is 19.1 Å². The van der Waals surface area contributed by atoms with Gasteiger partial charge in [0.2, 0.25) is 0 Å². The summed E-state index contributed by atoms with van der Waals surface area (Å²) in [6, 6.07) is 6.46. The van der Waals surface area contributed by atoms with Gasteiger partial charge in [-0.3, -0.25) is 14.3 Å². The molecule has 1 N–H and O–H groups in total. The lowest BCUT2D eigenvalue weighted by Crippen LogP contribution is -2.35. The first-order chi connectivity index (χ1) is 12.5. The Hall–Kier alpha value is -2.87. The molecule has 1 fully saturated rings. The zero-order valence-electron chi connectivity index (χ0n) is 13.5. The fourth-order valence-electron chi connectivity index (χ4n) is 3.39. The maximum atomic E-state index is 13.8. The zero-order chi connectivity index (χ0) is 18.4. The summed E-state index contributed by atoms with van der Waals surface area (Å²) in [7, 11) is 0. The number of carboxylic acid groups (broad SMARTS) is 1. The monoisotopic (exact) mass is 376 g/mol. The zero-order valence-corrected chi connectivity index (χ0v) is 14.2. The van der Waals surface area contributed by atoms with Gasteiger partial charge in [-0.1, -0.05) is 17.7 Å². The van der Waals surface area contributed by atoms with Gasteiger partial charge in [-0.05, 0) is 37.1 Å². The van der Waals surface area contributed by atoms with E-state index in [2.05, 4.69) is 5.10 Å². The average Bonchev–Trinajstić information content (AvgIpc) is 3.22. The first kappa shape index (κ1) is 16.6. The second kappa shape index (κ2) is 6.14. The van der Waals surface area contributed by atoms with Crippen molar-refractivity contribution in [2.75, 3.05) is 6.54 Å². The number of amides is 1. The Labute approximate surface area is 151 Å². The van der Waals surface area contributed by atoms with Crippen molar-refractivity contribution in [3.05, 3.63) is 63.5 Å². The van der Waals surface area contributed by atoms with Crippen LogP contribution in [0.2, 0.25) is 5.02 Å². The van der Waals surface area contributed by atoms with Gasteiger partial charge in [0.25, 0.3) is 5.56 Å². The molecule has 0 saturated carbocycles. The first-order valence-electron chi connectivity index (χ1n) is 8.02. The third kappa shape index (κ3) is 2.53. The third-order valence-electron chi connectivity index (χ3n) is 4.53. The van der Waals surface area contributed by atoms with Crippen LogP contribution in [0.4, 0.5) is 9.18 Å². The largest absolute Gasteiger partial charge is 0.465 e. The minimum Gasteiger partial charge on any atom is -0.465 e. The Bertz CT molecular complexity index is 1080. The van der Waals surface area contributed by atoms with Crippen LogP contribution in [-0.4, -0.2) is 36.8 Å². The number of nitrogens with zero attached hydrogens (tertiary/aromatic N) is 4. The minimum absolute atomic E-state index is 0.152. The van der Waals surface area contributed by atoms with Gasteiger partial charge in [0, 0.05) is 12.7 Å². The molecule has 0 bridgehead atoms. The molecule has 0 unspecified atom stereocenters. The average molecular weight is 377 g/mol. The molecule has 1 atom stereocenters. The van der Waals surface area contributed by atoms with Gasteiger partial charge in [-0.25, -0.2) is 13.7 Å². The van der Waals surface area contributed by atoms with Crippen LogP contribution in [0.5, 0.6) is 0 Å². The molecule has 2 aromatic heterocycles. The summed E-state index contributed by atoms with van der Waals surface area (Å²) in [4.78, 5) is 25.9. The number of hydrogen-bond acceptors (Lipinski definition) is 3. The first-order valence-corrected chi connectivity index (χ1v) is 8.40. The van der Waals surface area contributed by atoms with Gasteiger partial charge in [0.1, 0.15) is 11.3 Å². The molecular formula is C17H14ClFN4O3. The van der Waals surface area contributed by atoms with Crippen LogP contribution >= 0.6 is 11.6 Å². The fraction of sp³-hybridized carbons (Fsp3) is 0.235. The number of benzene rings is 1. The van der Waals surface area contributed by atoms with E-state index in [0.29, 0.717) is 19.4 Å². The highest BCUT2D eigenvalue weighted by molar-refractivity contribution is 6.33. The second-order valence-corrected chi connectivity index (χ2v) is 6.48. The molecule has 1 aromatic carbocycles. The summed E-state index contributed by atoms with van der Waals surface area (Å²) in [5, 5.41) is 14.1. The van der Waals surface area contributed by atoms with Crippen LogP contribution in [0, 0.1) is 5.82 Å². The van der Waals surface area contributed by atoms with E-state index < -0.39 is 23.5 Å². The molecule has 3 heterocycles. The standard InChI is InChI=1S/C17H14ClFN4O3/c18-12-6-8-22-14(12)16(24)23(11-4-1-3-10(19)9-11)15(20-22)13-5-2-7-21(13)17(25)26/h1,3-4,6,8-9,13H,2,5,7H2,(H,25,26)/t13-/m0/s1. The van der Waals surface area contributed by atoms with Crippen molar-refractivity contribution >= 4 is 23.2 Å². The maximum Gasteiger partial charge on any atom is 0.407 e. The topological polar surface area (TPSA) is 79.8 Å². The summed E-state index contributed by atoms with van der Waals surface area (Å²) < 4.78 is 16.3. The van der Waals surface area contributed by atoms with E-state index in [-0.39, 0.29) is 22.1 Å². The van der Waals surface area contributed by atoms with Crippen LogP contribution < -0.4 is 5.56 Å². The van der Waals surface area contributed by atoms with Gasteiger partial charge in [-0.2, -0.15) is 5.10 Å². The second-order valence-electron chi connectivity index (χ2n) is 6.07. The van der Waals surface area contributed by atoms with Crippen molar-refractivity contribution in [2.24, 2.45) is 0 Å². The lowest BCUT2D eigenvalue weighted by atomic mass is 10.2. The Morgan fingerprint density at radius 2 is 2.15 bits per heavy atom. The number of rotatable bonds is 2. The van der Waals surface area contributed by atoms with E-state index in [1.165, 1.54) is 38.2 Å². The molecule has 0 radical (unpaired) electrons. The summed E-state index contributed by atoms with van der Waals surface area (Å²) in [5.74, 6) is -0.275. The normalized spacial score (nSPS) is 17.2. The Morgan fingerprint density at radius 1 is 1.35 bits per heavy atom. The summed E-state index contributed by atoms with van der Waals surface area (Å²) in [5.41, 5.74) is -0.0538. The predicted octanol–water partition coefficient (Wildman–Crippen LogP) is 3.09. The lowest BCUT2D eigenvalue weighted by molar-refractivity contribution is 0.137. The number of carbonyl (C=O) groups is 1. The smallest absolute Gasteiger partial charge is 0.407 e. The molecule has 26 heavy (non-hydrogen) atoms. The molecule has 134 valence electrons. The predicted molar refractivity (Wildman–Crippen MR) is 92.5 cm³/mol. The molecule has 1 aliphatic heterocycles. The molecule has 3 aromatic rings. The molecule has 7 nitrogen and oxygen atoms in total. The fourth-order valence-corrected chi connectivity index (χ4v) is 3.62. The van der Waals surface area contributed by atoms with E-state index in [4.69, 9.17) is 11.6 Å². The van der Waals surface area contributed by atoms with Crippen LogP contribution in [0.1, 0.15) is 24.7 Å². The van der Waals surface area contributed by atoms with Gasteiger partial charge in [0.05, 0.1) is 16.8 Å². The summed E-state index contributed by atoms with van der Waals surface area (Å²) in [6.45, 7) is 0.351. The number of aromatic nitrogens is 3. The van der Waals surface area contributed by atoms with Gasteiger partial charge >= 0.3 is 6.09 Å². The Morgan fingerprint density at radius 3 is 2.88 bits per heavy atom. The third-order valence-corrected chi connectivity index (χ3v) is 4.83. The molecule has 1 aliphatic rings. The number of halogens is 2. The van der Waals surface area contributed by atoms with Gasteiger partial charge in [-0.15, -0.1) is 0 Å². The van der Waals surface area contributed by atoms with Crippen molar-refractivity contribution < 1.29 is 14.3 Å². The molecule has 1 amide bonds. The lowest BCUT2D eigenvalue weighted by Gasteiger charge is -2.24. The van der Waals surface area contributed by atoms with Gasteiger partial charge < -0.3 is 5.11 Å². The Balaban J connectivity index is 2.04. The van der Waals surface area contributed by atoms with Crippen LogP contribution in [0.15, 0.2) is 41.3 Å². The van der Waals surface area contributed by atoms with E-state index in [9.17, 15) is 19.1 Å². The molecule has 0 spiro atoms. The van der Waals surface area contributed by atoms with E-state index in [1.807, 2.05) is 0 Å². The molecule has 9 heteroatoms. The van der Waals surface area contributed by atoms with E-state index >= 15 is 0 Å². The quantitative estimate of drug-likeness (QED) is 0.745. The number of hydrogen-bond donors (Lipinski definition) is 1.